The SMILES string of the molecule is C#CCCCC(NCCC)C1(c2ccccc2)CC1. The molecule has 0 radical (unpaired) electrons. The van der Waals surface area contributed by atoms with Gasteiger partial charge in [-0.25, -0.2) is 0 Å². The van der Waals surface area contributed by atoms with Gasteiger partial charge in [0, 0.05) is 17.9 Å². The molecule has 0 amide bonds. The molecule has 0 bridgehead atoms. The molecule has 0 spiro atoms. The van der Waals surface area contributed by atoms with Crippen molar-refractivity contribution in [1.29, 1.82) is 0 Å². The summed E-state index contributed by atoms with van der Waals surface area (Å²) >= 11 is 0. The lowest BCUT2D eigenvalue weighted by molar-refractivity contribution is 0.385. The summed E-state index contributed by atoms with van der Waals surface area (Å²) in [6, 6.07) is 11.6. The Morgan fingerprint density at radius 2 is 2.05 bits per heavy atom. The zero-order valence-corrected chi connectivity index (χ0v) is 12.0. The number of benzene rings is 1. The van der Waals surface area contributed by atoms with E-state index in [0.717, 1.165) is 19.4 Å². The first-order valence-corrected chi connectivity index (χ1v) is 7.56. The maximum atomic E-state index is 5.38. The average molecular weight is 255 g/mol. The standard InChI is InChI=1S/C18H25N/c1-3-5-7-12-17(19-15-4-2)18(13-14-18)16-10-8-6-9-11-16/h1,6,8-11,17,19H,4-5,7,12-15H2,2H3. The van der Waals surface area contributed by atoms with Crippen molar-refractivity contribution in [2.45, 2.75) is 56.9 Å². The third-order valence-corrected chi connectivity index (χ3v) is 4.26. The van der Waals surface area contributed by atoms with Crippen LogP contribution in [0.3, 0.4) is 0 Å². The van der Waals surface area contributed by atoms with Gasteiger partial charge in [0.2, 0.25) is 0 Å². The monoisotopic (exact) mass is 255 g/mol. The Kier molecular flexibility index (Phi) is 5.05. The van der Waals surface area contributed by atoms with Crippen LogP contribution in [0.4, 0.5) is 0 Å². The molecule has 102 valence electrons. The van der Waals surface area contributed by atoms with E-state index in [9.17, 15) is 0 Å². The minimum Gasteiger partial charge on any atom is -0.313 e. The molecule has 0 heterocycles. The molecule has 1 fully saturated rings. The van der Waals surface area contributed by atoms with Gasteiger partial charge in [0.1, 0.15) is 0 Å². The summed E-state index contributed by atoms with van der Waals surface area (Å²) in [5.74, 6) is 2.76. The fourth-order valence-corrected chi connectivity index (χ4v) is 3.04. The Balaban J connectivity index is 2.06. The molecule has 1 saturated carbocycles. The summed E-state index contributed by atoms with van der Waals surface area (Å²) in [6.45, 7) is 3.34. The van der Waals surface area contributed by atoms with E-state index in [4.69, 9.17) is 6.42 Å². The van der Waals surface area contributed by atoms with E-state index in [1.807, 2.05) is 0 Å². The Morgan fingerprint density at radius 3 is 2.63 bits per heavy atom. The molecular weight excluding hydrogens is 230 g/mol. The second-order valence-corrected chi connectivity index (χ2v) is 5.63. The van der Waals surface area contributed by atoms with Crippen LogP contribution in [0.25, 0.3) is 0 Å². The maximum Gasteiger partial charge on any atom is 0.0164 e. The topological polar surface area (TPSA) is 12.0 Å². The predicted octanol–water partition coefficient (Wildman–Crippen LogP) is 3.89. The highest BCUT2D eigenvalue weighted by Gasteiger charge is 2.49. The van der Waals surface area contributed by atoms with Gasteiger partial charge in [0.25, 0.3) is 0 Å². The summed E-state index contributed by atoms with van der Waals surface area (Å²) in [6.07, 6.45) is 12.4. The Hall–Kier alpha value is -1.26. The predicted molar refractivity (Wildman–Crippen MR) is 82.1 cm³/mol. The normalized spacial score (nSPS) is 17.7. The quantitative estimate of drug-likeness (QED) is 0.549. The lowest BCUT2D eigenvalue weighted by atomic mass is 9.85. The molecule has 0 saturated heterocycles. The number of hydrogen-bond acceptors (Lipinski definition) is 1. The Bertz CT molecular complexity index is 411. The second-order valence-electron chi connectivity index (χ2n) is 5.63. The molecule has 1 N–H and O–H groups in total. The first-order chi connectivity index (χ1) is 9.33. The van der Waals surface area contributed by atoms with Crippen molar-refractivity contribution >= 4 is 0 Å². The summed E-state index contributed by atoms with van der Waals surface area (Å²) in [4.78, 5) is 0. The molecule has 2 rings (SSSR count). The van der Waals surface area contributed by atoms with Gasteiger partial charge >= 0.3 is 0 Å². The van der Waals surface area contributed by atoms with Gasteiger partial charge in [-0.15, -0.1) is 12.3 Å². The van der Waals surface area contributed by atoms with Crippen LogP contribution in [0, 0.1) is 12.3 Å². The van der Waals surface area contributed by atoms with Crippen molar-refractivity contribution in [1.82, 2.24) is 5.32 Å². The molecule has 1 atom stereocenters. The smallest absolute Gasteiger partial charge is 0.0164 e. The number of unbranched alkanes of at least 4 members (excludes halogenated alkanes) is 1. The molecule has 1 aliphatic carbocycles. The van der Waals surface area contributed by atoms with Gasteiger partial charge < -0.3 is 5.32 Å². The molecule has 0 aromatic heterocycles. The number of terminal acetylenes is 1. The molecule has 0 aliphatic heterocycles. The summed E-state index contributed by atoms with van der Waals surface area (Å²) in [5, 5.41) is 3.76. The molecule has 1 nitrogen and oxygen atoms in total. The van der Waals surface area contributed by atoms with Gasteiger partial charge in [-0.3, -0.25) is 0 Å². The summed E-state index contributed by atoms with van der Waals surface area (Å²) < 4.78 is 0. The van der Waals surface area contributed by atoms with Crippen LogP contribution < -0.4 is 5.32 Å². The first-order valence-electron chi connectivity index (χ1n) is 7.56. The highest BCUT2D eigenvalue weighted by Crippen LogP contribution is 2.52. The summed E-state index contributed by atoms with van der Waals surface area (Å²) in [5.41, 5.74) is 1.88. The van der Waals surface area contributed by atoms with Gasteiger partial charge in [0.15, 0.2) is 0 Å². The minimum atomic E-state index is 0.380. The van der Waals surface area contributed by atoms with E-state index in [1.54, 1.807) is 0 Å². The first kappa shape index (κ1) is 14.2. The van der Waals surface area contributed by atoms with Gasteiger partial charge in [-0.1, -0.05) is 37.3 Å². The Morgan fingerprint density at radius 1 is 1.32 bits per heavy atom. The highest BCUT2D eigenvalue weighted by molar-refractivity contribution is 5.33. The van der Waals surface area contributed by atoms with Gasteiger partial charge in [0.05, 0.1) is 0 Å². The lowest BCUT2D eigenvalue weighted by Gasteiger charge is -2.28. The molecular formula is C18H25N. The van der Waals surface area contributed by atoms with Crippen molar-refractivity contribution < 1.29 is 0 Å². The zero-order valence-electron chi connectivity index (χ0n) is 12.0. The van der Waals surface area contributed by atoms with Crippen LogP contribution in [0.1, 0.15) is 51.0 Å². The van der Waals surface area contributed by atoms with E-state index >= 15 is 0 Å². The van der Waals surface area contributed by atoms with E-state index in [2.05, 4.69) is 48.5 Å². The minimum absolute atomic E-state index is 0.380. The van der Waals surface area contributed by atoms with E-state index in [0.29, 0.717) is 11.5 Å². The van der Waals surface area contributed by atoms with E-state index in [-0.39, 0.29) is 0 Å². The third kappa shape index (κ3) is 3.39. The largest absolute Gasteiger partial charge is 0.313 e. The number of hydrogen-bond donors (Lipinski definition) is 1. The van der Waals surface area contributed by atoms with Gasteiger partial charge in [-0.2, -0.15) is 0 Å². The van der Waals surface area contributed by atoms with Crippen LogP contribution in [-0.2, 0) is 5.41 Å². The third-order valence-electron chi connectivity index (χ3n) is 4.26. The van der Waals surface area contributed by atoms with Crippen LogP contribution in [0.5, 0.6) is 0 Å². The van der Waals surface area contributed by atoms with Crippen LogP contribution in [-0.4, -0.2) is 12.6 Å². The molecule has 1 aromatic carbocycles. The second kappa shape index (κ2) is 6.78. The average Bonchev–Trinajstić information content (AvgIpc) is 3.25. The highest BCUT2D eigenvalue weighted by atomic mass is 14.9. The molecule has 19 heavy (non-hydrogen) atoms. The van der Waals surface area contributed by atoms with Crippen molar-refractivity contribution in [3.8, 4) is 12.3 Å². The Labute approximate surface area is 117 Å². The molecule has 1 heteroatoms. The fraction of sp³-hybridized carbons (Fsp3) is 0.556. The van der Waals surface area contributed by atoms with E-state index < -0.39 is 0 Å². The molecule has 1 aliphatic rings. The van der Waals surface area contributed by atoms with E-state index in [1.165, 1.54) is 31.2 Å². The van der Waals surface area contributed by atoms with Crippen LogP contribution >= 0.6 is 0 Å². The molecule has 1 aromatic rings. The lowest BCUT2D eigenvalue weighted by Crippen LogP contribution is -2.40. The van der Waals surface area contributed by atoms with Crippen molar-refractivity contribution in [3.05, 3.63) is 35.9 Å². The number of rotatable bonds is 8. The summed E-state index contributed by atoms with van der Waals surface area (Å²) in [7, 11) is 0. The molecule has 1 unspecified atom stereocenters. The van der Waals surface area contributed by atoms with Crippen LogP contribution in [0.15, 0.2) is 30.3 Å². The van der Waals surface area contributed by atoms with Crippen molar-refractivity contribution in [2.75, 3.05) is 6.54 Å². The fourth-order valence-electron chi connectivity index (χ4n) is 3.04. The van der Waals surface area contributed by atoms with Crippen molar-refractivity contribution in [3.63, 3.8) is 0 Å². The number of nitrogens with one attached hydrogen (secondary N) is 1. The maximum absolute atomic E-state index is 5.38. The van der Waals surface area contributed by atoms with Gasteiger partial charge in [-0.05, 0) is 44.2 Å². The van der Waals surface area contributed by atoms with Crippen LogP contribution in [0.2, 0.25) is 0 Å². The zero-order chi connectivity index (χ0) is 13.6. The van der Waals surface area contributed by atoms with Crippen molar-refractivity contribution in [2.24, 2.45) is 0 Å².